The lowest BCUT2D eigenvalue weighted by Crippen LogP contribution is -2.64. The molecular weight excluding hydrogens is 812 g/mol. The molecule has 0 aromatic heterocycles. The molecule has 2 aromatic carbocycles. The summed E-state index contributed by atoms with van der Waals surface area (Å²) >= 11 is 0. The number of carbonyl (C=O) groups excluding carboxylic acids is 7. The average Bonchev–Trinajstić information content (AvgIpc) is 3.77. The highest BCUT2D eigenvalue weighted by atomic mass is 16.3. The number of phenolic OH excluding ortho intramolecular Hbond substituents is 1. The van der Waals surface area contributed by atoms with Crippen LogP contribution in [0.2, 0.25) is 0 Å². The van der Waals surface area contributed by atoms with Gasteiger partial charge in [0.25, 0.3) is 5.91 Å². The molecule has 3 saturated heterocycles. The van der Waals surface area contributed by atoms with E-state index in [9.17, 15) is 64.2 Å². The molecule has 3 heterocycles. The molecule has 0 bridgehead atoms. The van der Waals surface area contributed by atoms with E-state index in [0.717, 1.165) is 14.8 Å². The minimum Gasteiger partial charge on any atom is -0.508 e. The zero-order valence-electron chi connectivity index (χ0n) is 34.5. The topological polar surface area (TPSA) is 325 Å². The third-order valence-electron chi connectivity index (χ3n) is 11.3. The summed E-state index contributed by atoms with van der Waals surface area (Å²) in [5.74, 6) is -7.42. The number of hydrogen-bond acceptors (Lipinski definition) is 15. The monoisotopic (exact) mass is 868 g/mol. The van der Waals surface area contributed by atoms with Crippen LogP contribution < -0.4 is 27.1 Å². The number of phenols is 1. The van der Waals surface area contributed by atoms with Crippen LogP contribution in [-0.2, 0) is 35.2 Å². The molecule has 3 fully saturated rings. The number of fused-ring (bicyclic) bond motifs is 2. The molecule has 0 aliphatic carbocycles. The number of hydrogen-bond donors (Lipinski definition) is 11. The van der Waals surface area contributed by atoms with E-state index in [0.29, 0.717) is 5.56 Å². The van der Waals surface area contributed by atoms with E-state index >= 15 is 0 Å². The van der Waals surface area contributed by atoms with E-state index in [1.165, 1.54) is 38.1 Å². The number of benzene rings is 2. The molecular formula is C41H56N8O13. The van der Waals surface area contributed by atoms with Crippen molar-refractivity contribution < 1.29 is 64.2 Å². The lowest BCUT2D eigenvalue weighted by molar-refractivity contribution is -0.148. The number of rotatable bonds is 8. The zero-order valence-corrected chi connectivity index (χ0v) is 34.5. The Balaban J connectivity index is 1.55. The Hall–Kier alpha value is -5.55. The first kappa shape index (κ1) is 47.5. The Labute approximate surface area is 357 Å². The van der Waals surface area contributed by atoms with Gasteiger partial charge in [-0.3, -0.25) is 39.0 Å². The van der Waals surface area contributed by atoms with Crippen LogP contribution in [0.1, 0.15) is 49.5 Å². The van der Waals surface area contributed by atoms with E-state index in [1.807, 2.05) is 0 Å². The molecule has 2 aromatic rings. The molecule has 338 valence electrons. The van der Waals surface area contributed by atoms with Gasteiger partial charge in [-0.1, -0.05) is 49.4 Å². The van der Waals surface area contributed by atoms with Crippen LogP contribution in [0.3, 0.4) is 0 Å². The van der Waals surface area contributed by atoms with Crippen LogP contribution in [-0.4, -0.2) is 180 Å². The van der Waals surface area contributed by atoms with Crippen molar-refractivity contribution in [3.8, 4) is 5.75 Å². The van der Waals surface area contributed by atoms with E-state index in [-0.39, 0.29) is 43.7 Å². The van der Waals surface area contributed by atoms with Crippen molar-refractivity contribution in [2.24, 2.45) is 11.7 Å². The summed E-state index contributed by atoms with van der Waals surface area (Å²) in [5, 5.41) is 73.2. The molecule has 5 rings (SSSR count). The van der Waals surface area contributed by atoms with Gasteiger partial charge in [0.15, 0.2) is 5.78 Å². The first-order valence-electron chi connectivity index (χ1n) is 20.4. The highest BCUT2D eigenvalue weighted by Crippen LogP contribution is 2.26. The number of aliphatic hydroxyl groups excluding tert-OH is 5. The van der Waals surface area contributed by atoms with Gasteiger partial charge >= 0.3 is 0 Å². The highest BCUT2D eigenvalue weighted by Gasteiger charge is 2.49. The van der Waals surface area contributed by atoms with Gasteiger partial charge in [-0.15, -0.1) is 0 Å². The second-order valence-electron chi connectivity index (χ2n) is 16.3. The number of nitrogens with zero attached hydrogens (tertiary/aromatic N) is 3. The fourth-order valence-electron chi connectivity index (χ4n) is 7.78. The lowest BCUT2D eigenvalue weighted by atomic mass is 9.99. The maximum atomic E-state index is 14.3. The smallest absolute Gasteiger partial charge is 0.259 e. The van der Waals surface area contributed by atoms with Crippen LogP contribution in [0.25, 0.3) is 0 Å². The van der Waals surface area contributed by atoms with E-state index in [4.69, 9.17) is 5.73 Å². The third kappa shape index (κ3) is 11.3. The summed E-state index contributed by atoms with van der Waals surface area (Å²) in [6, 6.07) is 3.59. The minimum absolute atomic E-state index is 0.0920. The number of carbonyl (C=O) groups is 7. The van der Waals surface area contributed by atoms with Gasteiger partial charge in [-0.05, 0) is 38.0 Å². The number of ketones is 1. The van der Waals surface area contributed by atoms with Crippen molar-refractivity contribution in [1.82, 2.24) is 36.2 Å². The van der Waals surface area contributed by atoms with Crippen molar-refractivity contribution in [3.05, 3.63) is 65.7 Å². The molecule has 12 N–H and O–H groups in total. The van der Waals surface area contributed by atoms with Gasteiger partial charge in [0.05, 0.1) is 43.1 Å². The van der Waals surface area contributed by atoms with Gasteiger partial charge in [-0.25, -0.2) is 5.01 Å². The van der Waals surface area contributed by atoms with Gasteiger partial charge in [0.2, 0.25) is 29.5 Å². The van der Waals surface area contributed by atoms with Crippen molar-refractivity contribution in [1.29, 1.82) is 0 Å². The predicted octanol–water partition coefficient (Wildman–Crippen LogP) is -4.37. The minimum atomic E-state index is -1.91. The van der Waals surface area contributed by atoms with E-state index < -0.39 is 127 Å². The molecule has 21 heteroatoms. The molecule has 6 amide bonds. The Morgan fingerprint density at radius 1 is 0.774 bits per heavy atom. The number of nitrogens with one attached hydrogen (secondary N) is 4. The fraction of sp³-hybridized carbons (Fsp3) is 0.537. The standard InChI is InChI=1S/C41H56N8O13/c1-20-17-49-34(35(20)56)39(60)46-47(19-30(55)24-7-5-4-6-8-24)14-13-27(42)36(57)43-31(21(2)50)40(61)48-18-26(53)16-28(48)37(58)45-33(38(59)44-32(22(3)51)41(49)62)29(54)15-23-9-11-25(52)12-10-23/h4-12,20-22,26-29,31-35,50-54,56H,13-19,42H2,1-3H3,(H,43,57)(H,44,59)(H,45,58)(H,46,60)/t20-,21?,22?,26+,27?,28-,29+,31-,32-,33-,34-,35-/m0/s1. The largest absolute Gasteiger partial charge is 0.508 e. The van der Waals surface area contributed by atoms with E-state index in [2.05, 4.69) is 21.4 Å². The lowest BCUT2D eigenvalue weighted by Gasteiger charge is -2.33. The van der Waals surface area contributed by atoms with Crippen LogP contribution >= 0.6 is 0 Å². The second-order valence-corrected chi connectivity index (χ2v) is 16.3. The van der Waals surface area contributed by atoms with Crippen LogP contribution in [0, 0.1) is 5.92 Å². The number of nitrogens with two attached hydrogens (primary N) is 1. The molecule has 3 aliphatic heterocycles. The number of aliphatic hydroxyl groups is 5. The summed E-state index contributed by atoms with van der Waals surface area (Å²) in [4.78, 5) is 99.4. The van der Waals surface area contributed by atoms with Crippen LogP contribution in [0.5, 0.6) is 5.75 Å². The average molecular weight is 869 g/mol. The van der Waals surface area contributed by atoms with Crippen molar-refractivity contribution in [3.63, 3.8) is 0 Å². The Morgan fingerprint density at radius 3 is 1.97 bits per heavy atom. The van der Waals surface area contributed by atoms with Crippen LogP contribution in [0.15, 0.2) is 54.6 Å². The molecule has 3 aliphatic rings. The highest BCUT2D eigenvalue weighted by molar-refractivity contribution is 5.99. The van der Waals surface area contributed by atoms with Gasteiger partial charge in [0.1, 0.15) is 36.0 Å². The fourth-order valence-corrected chi connectivity index (χ4v) is 7.78. The number of aromatic hydroxyl groups is 1. The number of hydrazine groups is 1. The molecule has 12 atom stereocenters. The molecule has 0 spiro atoms. The molecule has 0 saturated carbocycles. The molecule has 21 nitrogen and oxygen atoms in total. The maximum Gasteiger partial charge on any atom is 0.259 e. The Morgan fingerprint density at radius 2 is 1.35 bits per heavy atom. The Bertz CT molecular complexity index is 1950. The first-order valence-corrected chi connectivity index (χ1v) is 20.4. The molecule has 0 radical (unpaired) electrons. The summed E-state index contributed by atoms with van der Waals surface area (Å²) < 4.78 is 0. The van der Waals surface area contributed by atoms with E-state index in [1.54, 1.807) is 37.3 Å². The predicted molar refractivity (Wildman–Crippen MR) is 217 cm³/mol. The van der Waals surface area contributed by atoms with Crippen molar-refractivity contribution >= 4 is 41.2 Å². The maximum absolute atomic E-state index is 14.3. The SMILES string of the molecule is CC(O)[C@@H]1NC(=O)[C@H]([C@H](O)Cc2ccc(O)cc2)NC(=O)[C@@H]2C[C@@H](O)CN2C(=O)[C@H](C(C)O)NC(=O)C(N)CCN(CC(=O)c2ccccc2)NC(=O)[C@@H]2[C@@H](O)[C@@H](C)CN2C1=O. The second kappa shape index (κ2) is 20.5. The zero-order chi connectivity index (χ0) is 45.6. The Kier molecular flexibility index (Phi) is 15.7. The third-order valence-corrected chi connectivity index (χ3v) is 11.3. The van der Waals surface area contributed by atoms with Crippen molar-refractivity contribution in [2.75, 3.05) is 26.2 Å². The quantitative estimate of drug-likeness (QED) is 0.112. The summed E-state index contributed by atoms with van der Waals surface area (Å²) in [5.41, 5.74) is 9.48. The number of Topliss-reactive ketones (excluding diaryl/α,β-unsaturated/α-hetero) is 1. The normalized spacial score (nSPS) is 30.2. The molecule has 62 heavy (non-hydrogen) atoms. The van der Waals surface area contributed by atoms with Gasteiger partial charge in [-0.2, -0.15) is 0 Å². The van der Waals surface area contributed by atoms with Crippen LogP contribution in [0.4, 0.5) is 0 Å². The van der Waals surface area contributed by atoms with Gasteiger partial charge < -0.3 is 62.1 Å². The summed E-state index contributed by atoms with van der Waals surface area (Å²) in [6.07, 6.45) is -8.65. The van der Waals surface area contributed by atoms with Gasteiger partial charge in [0, 0.05) is 44.0 Å². The first-order chi connectivity index (χ1) is 29.3. The summed E-state index contributed by atoms with van der Waals surface area (Å²) in [6.45, 7) is 2.54. The summed E-state index contributed by atoms with van der Waals surface area (Å²) in [7, 11) is 0. The molecule has 3 unspecified atom stereocenters. The number of amides is 6. The van der Waals surface area contributed by atoms with Crippen molar-refractivity contribution in [2.45, 2.75) is 107 Å².